The smallest absolute Gasteiger partial charge is 0.319 e. The van der Waals surface area contributed by atoms with Gasteiger partial charge in [0, 0.05) is 30.6 Å². The predicted octanol–water partition coefficient (Wildman–Crippen LogP) is 4.40. The molecule has 2 aliphatic rings. The summed E-state index contributed by atoms with van der Waals surface area (Å²) in [7, 11) is 0. The molecule has 0 bridgehead atoms. The van der Waals surface area contributed by atoms with Gasteiger partial charge in [-0.1, -0.05) is 13.0 Å². The van der Waals surface area contributed by atoms with E-state index in [2.05, 4.69) is 20.4 Å². The molecule has 0 aromatic carbocycles. The molecule has 8 nitrogen and oxygen atoms in total. The molecule has 182 valence electrons. The summed E-state index contributed by atoms with van der Waals surface area (Å²) in [5.41, 5.74) is 2.74. The fraction of sp³-hybridized carbons (Fsp3) is 0.375. The van der Waals surface area contributed by atoms with Crippen LogP contribution in [-0.2, 0) is 11.3 Å². The van der Waals surface area contributed by atoms with Crippen LogP contribution in [0.15, 0.2) is 42.9 Å². The maximum absolute atomic E-state index is 13.1. The van der Waals surface area contributed by atoms with Crippen molar-refractivity contribution >= 4 is 23.2 Å². The maximum Gasteiger partial charge on any atom is 0.408 e. The van der Waals surface area contributed by atoms with E-state index in [1.54, 1.807) is 29.3 Å². The molecule has 1 aliphatic carbocycles. The summed E-state index contributed by atoms with van der Waals surface area (Å²) in [5.74, 6) is 0.0510. The van der Waals surface area contributed by atoms with Crippen molar-refractivity contribution in [3.8, 4) is 11.3 Å². The molecule has 2 fully saturated rings. The van der Waals surface area contributed by atoms with E-state index in [-0.39, 0.29) is 23.4 Å². The van der Waals surface area contributed by atoms with Crippen molar-refractivity contribution in [1.29, 1.82) is 0 Å². The highest BCUT2D eigenvalue weighted by Crippen LogP contribution is 2.43. The van der Waals surface area contributed by atoms with Crippen LogP contribution in [0.4, 0.5) is 24.5 Å². The summed E-state index contributed by atoms with van der Waals surface area (Å²) in [6.45, 7) is 1.40. The van der Waals surface area contributed by atoms with Gasteiger partial charge in [-0.25, -0.2) is 4.98 Å². The van der Waals surface area contributed by atoms with E-state index in [1.807, 2.05) is 6.92 Å². The molecule has 1 saturated carbocycles. The molecule has 1 atom stereocenters. The number of nitrogens with one attached hydrogen (secondary N) is 1. The lowest BCUT2D eigenvalue weighted by Crippen LogP contribution is -2.25. The van der Waals surface area contributed by atoms with Crippen LogP contribution in [0, 0.1) is 5.92 Å². The van der Waals surface area contributed by atoms with E-state index in [0.717, 1.165) is 23.2 Å². The predicted molar refractivity (Wildman–Crippen MR) is 122 cm³/mol. The van der Waals surface area contributed by atoms with Gasteiger partial charge in [-0.3, -0.25) is 19.3 Å². The molecule has 4 heterocycles. The largest absolute Gasteiger partial charge is 0.408 e. The van der Waals surface area contributed by atoms with Crippen molar-refractivity contribution in [3.05, 3.63) is 54.2 Å². The van der Waals surface area contributed by atoms with Gasteiger partial charge >= 0.3 is 6.18 Å². The number of hydrogen-bond acceptors (Lipinski definition) is 5. The summed E-state index contributed by atoms with van der Waals surface area (Å²) in [5, 5.41) is 6.61. The highest BCUT2D eigenvalue weighted by Gasteiger charge is 2.32. The van der Waals surface area contributed by atoms with Gasteiger partial charge in [-0.15, -0.1) is 0 Å². The monoisotopic (exact) mass is 484 g/mol. The van der Waals surface area contributed by atoms with Crippen molar-refractivity contribution < 1.29 is 22.8 Å². The fourth-order valence-corrected chi connectivity index (χ4v) is 4.20. The van der Waals surface area contributed by atoms with Crippen molar-refractivity contribution in [1.82, 2.24) is 19.7 Å². The number of hydrogen-bond donors (Lipinski definition) is 1. The van der Waals surface area contributed by atoms with Crippen molar-refractivity contribution in [2.75, 3.05) is 16.8 Å². The number of carbonyl (C=O) groups is 2. The summed E-state index contributed by atoms with van der Waals surface area (Å²) in [6.07, 6.45) is 2.23. The third-order valence-corrected chi connectivity index (χ3v) is 6.00. The molecule has 0 spiro atoms. The van der Waals surface area contributed by atoms with Gasteiger partial charge in [0.25, 0.3) is 5.91 Å². The average Bonchev–Trinajstić information content (AvgIpc) is 3.45. The molecular weight excluding hydrogens is 461 g/mol. The van der Waals surface area contributed by atoms with Gasteiger partial charge in [-0.2, -0.15) is 18.3 Å². The van der Waals surface area contributed by atoms with Crippen molar-refractivity contribution in [3.63, 3.8) is 0 Å². The lowest BCUT2D eigenvalue weighted by Gasteiger charge is -2.19. The second kappa shape index (κ2) is 8.79. The summed E-state index contributed by atoms with van der Waals surface area (Å²) < 4.78 is 38.7. The summed E-state index contributed by atoms with van der Waals surface area (Å²) in [6, 6.07) is 6.51. The maximum atomic E-state index is 13.1. The van der Waals surface area contributed by atoms with Gasteiger partial charge < -0.3 is 10.2 Å². The van der Waals surface area contributed by atoms with Crippen molar-refractivity contribution in [2.45, 2.75) is 44.8 Å². The number of rotatable bonds is 6. The molecule has 1 aliphatic heterocycles. The average molecular weight is 484 g/mol. The normalized spacial score (nSPS) is 18.2. The first kappa shape index (κ1) is 23.0. The van der Waals surface area contributed by atoms with Crippen LogP contribution in [0.5, 0.6) is 0 Å². The van der Waals surface area contributed by atoms with E-state index in [9.17, 15) is 22.8 Å². The molecule has 5 rings (SSSR count). The first-order valence-electron chi connectivity index (χ1n) is 11.3. The van der Waals surface area contributed by atoms with E-state index in [0.29, 0.717) is 35.6 Å². The third kappa shape index (κ3) is 5.18. The molecule has 1 N–H and O–H groups in total. The molecule has 3 aromatic heterocycles. The molecular formula is C24H23F3N6O2. The molecule has 35 heavy (non-hydrogen) atoms. The van der Waals surface area contributed by atoms with E-state index in [1.165, 1.54) is 18.5 Å². The number of amides is 2. The Hall–Kier alpha value is -3.76. The minimum atomic E-state index is -4.39. The number of carbonyl (C=O) groups excluding carboxylic acids is 2. The van der Waals surface area contributed by atoms with Gasteiger partial charge in [-0.05, 0) is 37.0 Å². The van der Waals surface area contributed by atoms with Crippen LogP contribution in [-0.4, -0.2) is 44.3 Å². The molecule has 0 unspecified atom stereocenters. The molecule has 3 aromatic rings. The molecule has 1 saturated heterocycles. The Bertz CT molecular complexity index is 1280. The number of anilines is 2. The minimum Gasteiger partial charge on any atom is -0.319 e. The van der Waals surface area contributed by atoms with Crippen LogP contribution in [0.1, 0.15) is 48.3 Å². The fourth-order valence-electron chi connectivity index (χ4n) is 4.20. The number of alkyl halides is 3. The Kier molecular flexibility index (Phi) is 5.78. The van der Waals surface area contributed by atoms with Gasteiger partial charge in [0.05, 0.1) is 35.2 Å². The van der Waals surface area contributed by atoms with Crippen LogP contribution in [0.2, 0.25) is 0 Å². The number of nitrogens with zero attached hydrogens (tertiary/aromatic N) is 5. The quantitative estimate of drug-likeness (QED) is 0.560. The lowest BCUT2D eigenvalue weighted by molar-refractivity contribution is -0.142. The van der Waals surface area contributed by atoms with Gasteiger partial charge in [0.1, 0.15) is 12.2 Å². The standard InChI is InChI=1S/C24H23F3N6O2/c1-14-7-21(34)33(11-14)17-8-20(22(28-10-17)15-5-6-15)31-23(35)19-4-2-3-18(30-19)16-9-29-32(12-16)13-24(25,26)27/h2-4,8-10,12,14-15H,5-7,11,13H2,1H3,(H,31,35)/t14-/m1/s1. The zero-order valence-electron chi connectivity index (χ0n) is 18.9. The highest BCUT2D eigenvalue weighted by molar-refractivity contribution is 6.04. The Morgan fingerprint density at radius 3 is 2.71 bits per heavy atom. The Morgan fingerprint density at radius 2 is 2.03 bits per heavy atom. The Morgan fingerprint density at radius 1 is 1.23 bits per heavy atom. The first-order valence-corrected chi connectivity index (χ1v) is 11.3. The highest BCUT2D eigenvalue weighted by atomic mass is 19.4. The summed E-state index contributed by atoms with van der Waals surface area (Å²) >= 11 is 0. The molecule has 2 amide bonds. The second-order valence-electron chi connectivity index (χ2n) is 9.12. The Balaban J connectivity index is 1.38. The number of halogens is 3. The first-order chi connectivity index (χ1) is 16.7. The topological polar surface area (TPSA) is 93.0 Å². The second-order valence-corrected chi connectivity index (χ2v) is 9.12. The summed E-state index contributed by atoms with van der Waals surface area (Å²) in [4.78, 5) is 36.0. The minimum absolute atomic E-state index is 0.0242. The van der Waals surface area contributed by atoms with E-state index >= 15 is 0 Å². The van der Waals surface area contributed by atoms with Gasteiger partial charge in [0.2, 0.25) is 5.91 Å². The van der Waals surface area contributed by atoms with Crippen LogP contribution >= 0.6 is 0 Å². The molecule has 0 radical (unpaired) electrons. The zero-order valence-corrected chi connectivity index (χ0v) is 18.9. The molecule has 11 heteroatoms. The number of pyridine rings is 2. The SMILES string of the molecule is C[C@@H]1CC(=O)N(c2cnc(C3CC3)c(NC(=O)c3cccc(-c4cnn(CC(F)(F)F)c4)n3)c2)C1. The van der Waals surface area contributed by atoms with Crippen LogP contribution in [0.25, 0.3) is 11.3 Å². The van der Waals surface area contributed by atoms with E-state index in [4.69, 9.17) is 0 Å². The Labute approximate surface area is 199 Å². The van der Waals surface area contributed by atoms with E-state index < -0.39 is 18.6 Å². The van der Waals surface area contributed by atoms with Crippen LogP contribution < -0.4 is 10.2 Å². The third-order valence-electron chi connectivity index (χ3n) is 6.00. The lowest BCUT2D eigenvalue weighted by atomic mass is 10.1. The van der Waals surface area contributed by atoms with Crippen molar-refractivity contribution in [2.24, 2.45) is 5.92 Å². The van der Waals surface area contributed by atoms with Gasteiger partial charge in [0.15, 0.2) is 0 Å². The van der Waals surface area contributed by atoms with Crippen LogP contribution in [0.3, 0.4) is 0 Å². The number of aromatic nitrogens is 4. The zero-order chi connectivity index (χ0) is 24.7.